The van der Waals surface area contributed by atoms with Gasteiger partial charge in [0.05, 0.1) is 12.2 Å². The minimum absolute atomic E-state index is 0.0616. The largest absolute Gasteiger partial charge is 0.336 e. The number of hydrogen-bond donors (Lipinski definition) is 2. The minimum atomic E-state index is -0.239. The summed E-state index contributed by atoms with van der Waals surface area (Å²) >= 11 is 0. The number of amides is 2. The van der Waals surface area contributed by atoms with E-state index in [-0.39, 0.29) is 29.8 Å². The lowest BCUT2D eigenvalue weighted by Gasteiger charge is -2.23. The summed E-state index contributed by atoms with van der Waals surface area (Å²) in [6.07, 6.45) is 4.66. The van der Waals surface area contributed by atoms with E-state index < -0.39 is 0 Å². The van der Waals surface area contributed by atoms with Gasteiger partial charge >= 0.3 is 6.03 Å². The summed E-state index contributed by atoms with van der Waals surface area (Å²) in [6.45, 7) is 0.498. The Balaban J connectivity index is 1.49. The smallest absolute Gasteiger partial charge is 0.315 e. The van der Waals surface area contributed by atoms with E-state index >= 15 is 0 Å². The second-order valence-corrected chi connectivity index (χ2v) is 6.78. The van der Waals surface area contributed by atoms with Crippen molar-refractivity contribution in [2.75, 3.05) is 20.6 Å². The van der Waals surface area contributed by atoms with Crippen LogP contribution in [-0.2, 0) is 7.05 Å². The van der Waals surface area contributed by atoms with Crippen LogP contribution in [0.2, 0.25) is 0 Å². The van der Waals surface area contributed by atoms with Gasteiger partial charge in [-0.15, -0.1) is 0 Å². The summed E-state index contributed by atoms with van der Waals surface area (Å²) in [4.78, 5) is 14.2. The number of rotatable bonds is 6. The lowest BCUT2D eigenvalue weighted by Crippen LogP contribution is -2.41. The number of hydrogen-bond acceptors (Lipinski definition) is 3. The third-order valence-electron chi connectivity index (χ3n) is 4.59. The zero-order chi connectivity index (χ0) is 18.0. The van der Waals surface area contributed by atoms with E-state index in [2.05, 4.69) is 20.6 Å². The monoisotopic (exact) mass is 345 g/mol. The van der Waals surface area contributed by atoms with E-state index in [0.29, 0.717) is 6.54 Å². The van der Waals surface area contributed by atoms with Gasteiger partial charge in [-0.2, -0.15) is 5.10 Å². The van der Waals surface area contributed by atoms with Gasteiger partial charge in [0.15, 0.2) is 0 Å². The van der Waals surface area contributed by atoms with Crippen molar-refractivity contribution in [2.24, 2.45) is 7.05 Å². The van der Waals surface area contributed by atoms with Crippen LogP contribution in [0.15, 0.2) is 36.7 Å². The van der Waals surface area contributed by atoms with Gasteiger partial charge in [0, 0.05) is 37.3 Å². The average Bonchev–Trinajstić information content (AvgIpc) is 3.18. The van der Waals surface area contributed by atoms with Crippen LogP contribution in [0.4, 0.5) is 9.18 Å². The van der Waals surface area contributed by atoms with Crippen molar-refractivity contribution in [2.45, 2.75) is 24.4 Å². The van der Waals surface area contributed by atoms with Crippen LogP contribution in [0.1, 0.15) is 29.5 Å². The van der Waals surface area contributed by atoms with Gasteiger partial charge in [-0.3, -0.25) is 4.68 Å². The van der Waals surface area contributed by atoms with E-state index in [1.165, 1.54) is 12.1 Å². The quantitative estimate of drug-likeness (QED) is 0.842. The molecule has 2 N–H and O–H groups in total. The molecule has 0 unspecified atom stereocenters. The molecular formula is C18H24FN5O. The third-order valence-corrected chi connectivity index (χ3v) is 4.59. The number of carbonyl (C=O) groups is 1. The minimum Gasteiger partial charge on any atom is -0.336 e. The first-order chi connectivity index (χ1) is 11.9. The Bertz CT molecular complexity index is 727. The van der Waals surface area contributed by atoms with Gasteiger partial charge in [-0.1, -0.05) is 12.1 Å². The Kier molecular flexibility index (Phi) is 5.03. The highest BCUT2D eigenvalue weighted by atomic mass is 19.1. The fourth-order valence-corrected chi connectivity index (χ4v) is 3.05. The van der Waals surface area contributed by atoms with Crippen LogP contribution in [-0.4, -0.2) is 47.4 Å². The molecule has 1 aliphatic rings. The van der Waals surface area contributed by atoms with Crippen LogP contribution in [0.3, 0.4) is 0 Å². The molecule has 3 rings (SSSR count). The number of urea groups is 1. The fourth-order valence-electron chi connectivity index (χ4n) is 3.05. The Morgan fingerprint density at radius 3 is 2.72 bits per heavy atom. The third kappa shape index (κ3) is 4.36. The highest BCUT2D eigenvalue weighted by Gasteiger charge is 2.39. The highest BCUT2D eigenvalue weighted by Crippen LogP contribution is 2.40. The van der Waals surface area contributed by atoms with E-state index in [4.69, 9.17) is 0 Å². The van der Waals surface area contributed by atoms with Gasteiger partial charge in [0.25, 0.3) is 0 Å². The molecule has 1 fully saturated rings. The number of benzene rings is 1. The highest BCUT2D eigenvalue weighted by molar-refractivity contribution is 5.75. The SMILES string of the molecule is CN(C)[C@H](CNC(=O)N[C@@H]1C[C@H]1c1ccc(F)cc1)c1cnn(C)c1. The maximum Gasteiger partial charge on any atom is 0.315 e. The second-order valence-electron chi connectivity index (χ2n) is 6.78. The molecule has 1 aromatic carbocycles. The lowest BCUT2D eigenvalue weighted by molar-refractivity contribution is 0.232. The number of likely N-dealkylation sites (N-methyl/N-ethyl adjacent to an activating group) is 1. The summed E-state index contributed by atoms with van der Waals surface area (Å²) in [6, 6.07) is 6.48. The van der Waals surface area contributed by atoms with E-state index in [1.54, 1.807) is 16.8 Å². The molecule has 1 heterocycles. The molecule has 0 aliphatic heterocycles. The van der Waals surface area contributed by atoms with E-state index in [0.717, 1.165) is 17.5 Å². The molecule has 0 saturated heterocycles. The number of aryl methyl sites for hydroxylation is 1. The number of carbonyl (C=O) groups excluding carboxylic acids is 1. The summed E-state index contributed by atoms with van der Waals surface area (Å²) < 4.78 is 14.7. The molecule has 1 aromatic heterocycles. The molecule has 6 nitrogen and oxygen atoms in total. The Labute approximate surface area is 147 Å². The maximum absolute atomic E-state index is 13.0. The van der Waals surface area contributed by atoms with E-state index in [9.17, 15) is 9.18 Å². The van der Waals surface area contributed by atoms with Crippen molar-refractivity contribution >= 4 is 6.03 Å². The fraction of sp³-hybridized carbons (Fsp3) is 0.444. The summed E-state index contributed by atoms with van der Waals surface area (Å²) in [5, 5.41) is 10.1. The van der Waals surface area contributed by atoms with Gasteiger partial charge in [-0.25, -0.2) is 9.18 Å². The number of aromatic nitrogens is 2. The van der Waals surface area contributed by atoms with Crippen LogP contribution >= 0.6 is 0 Å². The van der Waals surface area contributed by atoms with Crippen molar-refractivity contribution in [3.8, 4) is 0 Å². The van der Waals surface area contributed by atoms with Crippen LogP contribution in [0.5, 0.6) is 0 Å². The molecule has 25 heavy (non-hydrogen) atoms. The van der Waals surface area contributed by atoms with Crippen LogP contribution in [0.25, 0.3) is 0 Å². The molecule has 1 aliphatic carbocycles. The molecule has 2 amide bonds. The Hall–Kier alpha value is -2.41. The first kappa shape index (κ1) is 17.4. The predicted molar refractivity (Wildman–Crippen MR) is 93.7 cm³/mol. The van der Waals surface area contributed by atoms with Crippen molar-refractivity contribution in [3.63, 3.8) is 0 Å². The molecule has 7 heteroatoms. The summed E-state index contributed by atoms with van der Waals surface area (Å²) in [5.74, 6) is 0.0334. The zero-order valence-corrected chi connectivity index (χ0v) is 14.7. The van der Waals surface area contributed by atoms with Gasteiger partial charge < -0.3 is 15.5 Å². The summed E-state index contributed by atoms with van der Waals surface area (Å²) in [7, 11) is 5.82. The molecule has 3 atom stereocenters. The molecule has 0 spiro atoms. The average molecular weight is 345 g/mol. The standard InChI is InChI=1S/C18H24FN5O/c1-23(2)17(13-9-21-24(3)11-13)10-20-18(25)22-16-8-15(16)12-4-6-14(19)7-5-12/h4-7,9,11,15-17H,8,10H2,1-3H3,(H2,20,22,25)/t15-,16+,17+/m0/s1. The maximum atomic E-state index is 13.0. The van der Waals surface area contributed by atoms with Gasteiger partial charge in [0.2, 0.25) is 0 Å². The molecule has 0 bridgehead atoms. The van der Waals surface area contributed by atoms with Crippen LogP contribution in [0, 0.1) is 5.82 Å². The number of nitrogens with zero attached hydrogens (tertiary/aromatic N) is 3. The second kappa shape index (κ2) is 7.23. The van der Waals surface area contributed by atoms with Crippen molar-refractivity contribution in [3.05, 3.63) is 53.6 Å². The van der Waals surface area contributed by atoms with Crippen molar-refractivity contribution in [1.29, 1.82) is 0 Å². The zero-order valence-electron chi connectivity index (χ0n) is 14.7. The first-order valence-electron chi connectivity index (χ1n) is 8.39. The number of nitrogens with one attached hydrogen (secondary N) is 2. The molecule has 1 saturated carbocycles. The molecule has 0 radical (unpaired) electrons. The predicted octanol–water partition coefficient (Wildman–Crippen LogP) is 2.02. The lowest BCUT2D eigenvalue weighted by atomic mass is 10.1. The van der Waals surface area contributed by atoms with Crippen LogP contribution < -0.4 is 10.6 Å². The molecule has 134 valence electrons. The van der Waals surface area contributed by atoms with Crippen molar-refractivity contribution < 1.29 is 9.18 Å². The van der Waals surface area contributed by atoms with Crippen molar-refractivity contribution in [1.82, 2.24) is 25.3 Å². The normalized spacial score (nSPS) is 20.4. The number of halogens is 1. The summed E-state index contributed by atoms with van der Waals surface area (Å²) in [5.41, 5.74) is 2.12. The van der Waals surface area contributed by atoms with E-state index in [1.807, 2.05) is 33.5 Å². The van der Waals surface area contributed by atoms with Gasteiger partial charge in [0.1, 0.15) is 5.82 Å². The Morgan fingerprint density at radius 1 is 1.40 bits per heavy atom. The van der Waals surface area contributed by atoms with Gasteiger partial charge in [-0.05, 0) is 38.2 Å². The Morgan fingerprint density at radius 2 is 2.12 bits per heavy atom. The first-order valence-corrected chi connectivity index (χ1v) is 8.39. The molecular weight excluding hydrogens is 321 g/mol. The molecule has 2 aromatic rings. The topological polar surface area (TPSA) is 62.2 Å².